The zero-order chi connectivity index (χ0) is 9.90. The fourth-order valence-corrected chi connectivity index (χ4v) is 2.53. The SMILES string of the molecule is CCC(C1C[NH2+]CCO1)S(=O)(=O)[O-]. The average molecular weight is 209 g/mol. The number of nitrogens with two attached hydrogens (primary N) is 1. The molecule has 0 aromatic carbocycles. The number of hydrogen-bond acceptors (Lipinski definition) is 4. The monoisotopic (exact) mass is 209 g/mol. The van der Waals surface area contributed by atoms with Gasteiger partial charge in [0.1, 0.15) is 22.8 Å². The lowest BCUT2D eigenvalue weighted by atomic mass is 10.2. The molecule has 5 nitrogen and oxygen atoms in total. The summed E-state index contributed by atoms with van der Waals surface area (Å²) in [4.78, 5) is 0. The Balaban J connectivity index is 2.65. The molecule has 2 N–H and O–H groups in total. The molecule has 13 heavy (non-hydrogen) atoms. The van der Waals surface area contributed by atoms with Crippen molar-refractivity contribution in [2.45, 2.75) is 24.7 Å². The summed E-state index contributed by atoms with van der Waals surface area (Å²) in [7, 11) is -4.21. The second kappa shape index (κ2) is 4.36. The van der Waals surface area contributed by atoms with Crippen LogP contribution < -0.4 is 5.32 Å². The van der Waals surface area contributed by atoms with Gasteiger partial charge in [0.15, 0.2) is 0 Å². The Morgan fingerprint density at radius 1 is 1.69 bits per heavy atom. The topological polar surface area (TPSA) is 83.0 Å². The minimum absolute atomic E-state index is 0.324. The van der Waals surface area contributed by atoms with Crippen molar-refractivity contribution in [1.82, 2.24) is 0 Å². The molecule has 1 aliphatic heterocycles. The van der Waals surface area contributed by atoms with E-state index in [2.05, 4.69) is 0 Å². The third-order valence-electron chi connectivity index (χ3n) is 2.24. The van der Waals surface area contributed by atoms with Gasteiger partial charge in [0, 0.05) is 0 Å². The van der Waals surface area contributed by atoms with Crippen LogP contribution in [0.15, 0.2) is 0 Å². The Hall–Kier alpha value is -0.170. The molecule has 0 saturated carbocycles. The van der Waals surface area contributed by atoms with Crippen molar-refractivity contribution in [3.05, 3.63) is 0 Å². The third-order valence-corrected chi connectivity index (χ3v) is 3.62. The zero-order valence-corrected chi connectivity index (χ0v) is 8.42. The molecular formula is C7H15NO4S. The molecule has 0 bridgehead atoms. The van der Waals surface area contributed by atoms with Gasteiger partial charge in [-0.15, -0.1) is 0 Å². The van der Waals surface area contributed by atoms with E-state index in [-0.39, 0.29) is 0 Å². The number of morpholine rings is 1. The highest BCUT2D eigenvalue weighted by Gasteiger charge is 2.29. The molecule has 2 unspecified atom stereocenters. The molecule has 1 saturated heterocycles. The van der Waals surface area contributed by atoms with Gasteiger partial charge in [0.2, 0.25) is 0 Å². The smallest absolute Gasteiger partial charge is 0.122 e. The van der Waals surface area contributed by atoms with Crippen LogP contribution in [0.5, 0.6) is 0 Å². The molecule has 1 heterocycles. The molecule has 0 spiro atoms. The molecule has 0 aromatic heterocycles. The van der Waals surface area contributed by atoms with Crippen molar-refractivity contribution >= 4 is 10.1 Å². The van der Waals surface area contributed by atoms with E-state index < -0.39 is 21.5 Å². The molecule has 0 radical (unpaired) electrons. The van der Waals surface area contributed by atoms with E-state index in [1.807, 2.05) is 5.32 Å². The first kappa shape index (κ1) is 10.9. The van der Waals surface area contributed by atoms with Gasteiger partial charge in [-0.25, -0.2) is 8.42 Å². The fraction of sp³-hybridized carbons (Fsp3) is 1.00. The summed E-state index contributed by atoms with van der Waals surface area (Å²) >= 11 is 0. The maximum absolute atomic E-state index is 10.8. The zero-order valence-electron chi connectivity index (χ0n) is 7.60. The second-order valence-electron chi connectivity index (χ2n) is 3.16. The van der Waals surface area contributed by atoms with Crippen LogP contribution in [0.4, 0.5) is 0 Å². The summed E-state index contributed by atoms with van der Waals surface area (Å²) in [6.45, 7) is 3.63. The lowest BCUT2D eigenvalue weighted by Gasteiger charge is -2.29. The van der Waals surface area contributed by atoms with E-state index in [0.717, 1.165) is 6.54 Å². The largest absolute Gasteiger partial charge is 0.748 e. The van der Waals surface area contributed by atoms with Gasteiger partial charge in [-0.05, 0) is 6.42 Å². The summed E-state index contributed by atoms with van der Waals surface area (Å²) in [5.41, 5.74) is 0. The van der Waals surface area contributed by atoms with Crippen LogP contribution in [0.3, 0.4) is 0 Å². The quantitative estimate of drug-likeness (QED) is 0.560. The van der Waals surface area contributed by atoms with Crippen LogP contribution in [0.1, 0.15) is 13.3 Å². The van der Waals surface area contributed by atoms with Crippen LogP contribution in [-0.2, 0) is 14.9 Å². The fourth-order valence-electron chi connectivity index (χ4n) is 1.56. The average Bonchev–Trinajstić information content (AvgIpc) is 2.05. The minimum Gasteiger partial charge on any atom is -0.748 e. The molecule has 1 fully saturated rings. The molecular weight excluding hydrogens is 194 g/mol. The molecule has 1 aliphatic rings. The molecule has 78 valence electrons. The maximum Gasteiger partial charge on any atom is 0.122 e. The number of ether oxygens (including phenoxy) is 1. The summed E-state index contributed by atoms with van der Waals surface area (Å²) < 4.78 is 37.7. The van der Waals surface area contributed by atoms with Crippen molar-refractivity contribution in [2.75, 3.05) is 19.7 Å². The minimum atomic E-state index is -4.21. The van der Waals surface area contributed by atoms with Crippen LogP contribution >= 0.6 is 0 Å². The summed E-state index contributed by atoms with van der Waals surface area (Å²) in [5, 5.41) is 1.09. The van der Waals surface area contributed by atoms with Gasteiger partial charge < -0.3 is 14.6 Å². The van der Waals surface area contributed by atoms with Gasteiger partial charge in [0.05, 0.1) is 18.4 Å². The van der Waals surface area contributed by atoms with Gasteiger partial charge in [-0.1, -0.05) is 6.92 Å². The molecule has 1 rings (SSSR count). The van der Waals surface area contributed by atoms with Crippen molar-refractivity contribution in [3.8, 4) is 0 Å². The van der Waals surface area contributed by atoms with E-state index in [4.69, 9.17) is 4.74 Å². The highest BCUT2D eigenvalue weighted by molar-refractivity contribution is 7.86. The van der Waals surface area contributed by atoms with E-state index in [1.165, 1.54) is 0 Å². The number of quaternary nitrogens is 1. The molecule has 0 aromatic rings. The van der Waals surface area contributed by atoms with Gasteiger partial charge in [0.25, 0.3) is 0 Å². The molecule has 2 atom stereocenters. The maximum atomic E-state index is 10.8. The normalized spacial score (nSPS) is 27.1. The van der Waals surface area contributed by atoms with Crippen molar-refractivity contribution in [1.29, 1.82) is 0 Å². The second-order valence-corrected chi connectivity index (χ2v) is 4.75. The van der Waals surface area contributed by atoms with Crippen LogP contribution in [0.2, 0.25) is 0 Å². The third kappa shape index (κ3) is 2.91. The first-order chi connectivity index (χ1) is 6.05. The van der Waals surface area contributed by atoms with E-state index in [9.17, 15) is 13.0 Å². The van der Waals surface area contributed by atoms with Crippen molar-refractivity contribution < 1.29 is 23.0 Å². The van der Waals surface area contributed by atoms with Crippen molar-refractivity contribution in [3.63, 3.8) is 0 Å². The number of rotatable bonds is 3. The standard InChI is InChI=1S/C7H15NO4S/c1-2-7(13(9,10)11)6-5-8-3-4-12-6/h6-8H,2-5H2,1H3,(H,9,10,11). The van der Waals surface area contributed by atoms with Crippen LogP contribution in [-0.4, -0.2) is 44.0 Å². The molecule has 0 aliphatic carbocycles. The van der Waals surface area contributed by atoms with E-state index in [1.54, 1.807) is 6.92 Å². The van der Waals surface area contributed by atoms with E-state index in [0.29, 0.717) is 19.6 Å². The van der Waals surface area contributed by atoms with Gasteiger partial charge in [-0.2, -0.15) is 0 Å². The Labute approximate surface area is 78.2 Å². The lowest BCUT2D eigenvalue weighted by Crippen LogP contribution is -2.90. The Bertz CT molecular complexity index is 245. The molecule has 6 heteroatoms. The highest BCUT2D eigenvalue weighted by atomic mass is 32.2. The summed E-state index contributed by atoms with van der Waals surface area (Å²) in [6.07, 6.45) is -0.106. The first-order valence-corrected chi connectivity index (χ1v) is 5.90. The van der Waals surface area contributed by atoms with Crippen LogP contribution in [0, 0.1) is 0 Å². The Morgan fingerprint density at radius 3 is 2.77 bits per heavy atom. The highest BCUT2D eigenvalue weighted by Crippen LogP contribution is 2.12. The van der Waals surface area contributed by atoms with Gasteiger partial charge in [-0.3, -0.25) is 0 Å². The first-order valence-electron chi connectivity index (χ1n) is 4.43. The molecule has 0 amide bonds. The van der Waals surface area contributed by atoms with Crippen molar-refractivity contribution in [2.24, 2.45) is 0 Å². The number of hydrogen-bond donors (Lipinski definition) is 1. The summed E-state index contributed by atoms with van der Waals surface area (Å²) in [6, 6.07) is 0. The Kier molecular flexibility index (Phi) is 3.66. The Morgan fingerprint density at radius 2 is 2.38 bits per heavy atom. The van der Waals surface area contributed by atoms with E-state index >= 15 is 0 Å². The summed E-state index contributed by atoms with van der Waals surface area (Å²) in [5.74, 6) is 0. The predicted octanol–water partition coefficient (Wildman–Crippen LogP) is -1.73. The predicted molar refractivity (Wildman–Crippen MR) is 45.2 cm³/mol. The van der Waals surface area contributed by atoms with Crippen LogP contribution in [0.25, 0.3) is 0 Å². The van der Waals surface area contributed by atoms with Gasteiger partial charge >= 0.3 is 0 Å². The lowest BCUT2D eigenvalue weighted by molar-refractivity contribution is -0.677.